The van der Waals surface area contributed by atoms with Crippen LogP contribution in [0.25, 0.3) is 6.08 Å². The van der Waals surface area contributed by atoms with Crippen molar-refractivity contribution in [2.75, 3.05) is 6.54 Å². The molecule has 1 aromatic carbocycles. The van der Waals surface area contributed by atoms with Gasteiger partial charge in [-0.2, -0.15) is 0 Å². The molecule has 1 fully saturated rings. The lowest BCUT2D eigenvalue weighted by Crippen LogP contribution is -2.35. The van der Waals surface area contributed by atoms with E-state index < -0.39 is 11.8 Å². The number of nitrogens with zero attached hydrogens (tertiary/aromatic N) is 1. The molecule has 1 heterocycles. The molecule has 1 N–H and O–H groups in total. The van der Waals surface area contributed by atoms with Crippen LogP contribution in [0.3, 0.4) is 0 Å². The van der Waals surface area contributed by atoms with E-state index in [4.69, 9.17) is 5.11 Å². The van der Waals surface area contributed by atoms with Gasteiger partial charge in [0.05, 0.1) is 0 Å². The van der Waals surface area contributed by atoms with Crippen LogP contribution in [-0.4, -0.2) is 34.5 Å². The number of carboxylic acids is 1. The molecule has 0 spiro atoms. The Kier molecular flexibility index (Phi) is 4.73. The van der Waals surface area contributed by atoms with Crippen molar-refractivity contribution >= 4 is 18.0 Å². The summed E-state index contributed by atoms with van der Waals surface area (Å²) in [5.74, 6) is -1.89. The van der Waals surface area contributed by atoms with Gasteiger partial charge >= 0.3 is 5.97 Å². The highest BCUT2D eigenvalue weighted by molar-refractivity contribution is 5.95. The van der Waals surface area contributed by atoms with Gasteiger partial charge in [0.2, 0.25) is 0 Å². The average molecular weight is 291 g/mol. The first-order valence-electron chi connectivity index (χ1n) is 7.04. The maximum Gasteiger partial charge on any atom is 0.328 e. The van der Waals surface area contributed by atoms with Gasteiger partial charge in [0.1, 0.15) is 5.82 Å². The van der Waals surface area contributed by atoms with Crippen molar-refractivity contribution in [1.82, 2.24) is 4.90 Å². The molecule has 0 aromatic heterocycles. The van der Waals surface area contributed by atoms with Crippen molar-refractivity contribution < 1.29 is 19.1 Å². The Hall–Kier alpha value is -2.17. The lowest BCUT2D eigenvalue weighted by molar-refractivity contribution is -0.131. The Labute approximate surface area is 122 Å². The highest BCUT2D eigenvalue weighted by Crippen LogP contribution is 2.23. The number of hydrogen-bond donors (Lipinski definition) is 1. The SMILES string of the molecule is CCC1CCCN1C(=O)c1ccc(C=CC(=O)O)c(F)c1. The number of rotatable bonds is 4. The van der Waals surface area contributed by atoms with Gasteiger partial charge < -0.3 is 10.0 Å². The van der Waals surface area contributed by atoms with E-state index in [1.54, 1.807) is 4.90 Å². The van der Waals surface area contributed by atoms with Gasteiger partial charge in [0.25, 0.3) is 5.91 Å². The Morgan fingerprint density at radius 3 is 2.86 bits per heavy atom. The molecule has 1 aliphatic heterocycles. The van der Waals surface area contributed by atoms with Crippen LogP contribution in [0.2, 0.25) is 0 Å². The molecule has 1 amide bonds. The molecule has 1 aromatic rings. The van der Waals surface area contributed by atoms with Crippen molar-refractivity contribution in [3.63, 3.8) is 0 Å². The van der Waals surface area contributed by atoms with Crippen LogP contribution >= 0.6 is 0 Å². The van der Waals surface area contributed by atoms with Crippen LogP contribution in [0.1, 0.15) is 42.1 Å². The van der Waals surface area contributed by atoms with E-state index in [1.165, 1.54) is 24.3 Å². The predicted octanol–water partition coefficient (Wildman–Crippen LogP) is 2.94. The molecule has 0 saturated carbocycles. The number of hydrogen-bond acceptors (Lipinski definition) is 2. The van der Waals surface area contributed by atoms with Gasteiger partial charge in [-0.05, 0) is 37.5 Å². The summed E-state index contributed by atoms with van der Waals surface area (Å²) in [6, 6.07) is 4.37. The predicted molar refractivity (Wildman–Crippen MR) is 77.4 cm³/mol. The van der Waals surface area contributed by atoms with E-state index in [9.17, 15) is 14.0 Å². The summed E-state index contributed by atoms with van der Waals surface area (Å²) in [6.07, 6.45) is 4.91. The zero-order chi connectivity index (χ0) is 15.4. The van der Waals surface area contributed by atoms with Gasteiger partial charge in [-0.25, -0.2) is 9.18 Å². The fraction of sp³-hybridized carbons (Fsp3) is 0.375. The minimum absolute atomic E-state index is 0.155. The second kappa shape index (κ2) is 6.52. The van der Waals surface area contributed by atoms with E-state index in [1.807, 2.05) is 6.92 Å². The van der Waals surface area contributed by atoms with Crippen molar-refractivity contribution in [3.05, 3.63) is 41.2 Å². The van der Waals surface area contributed by atoms with Gasteiger partial charge in [-0.15, -0.1) is 0 Å². The third-order valence-electron chi connectivity index (χ3n) is 3.76. The highest BCUT2D eigenvalue weighted by Gasteiger charge is 2.28. The maximum absolute atomic E-state index is 13.9. The second-order valence-corrected chi connectivity index (χ2v) is 5.11. The van der Waals surface area contributed by atoms with Crippen molar-refractivity contribution in [1.29, 1.82) is 0 Å². The summed E-state index contributed by atoms with van der Waals surface area (Å²) in [5.41, 5.74) is 0.461. The lowest BCUT2D eigenvalue weighted by Gasteiger charge is -2.23. The Balaban J connectivity index is 2.19. The fourth-order valence-electron chi connectivity index (χ4n) is 2.65. The van der Waals surface area contributed by atoms with E-state index in [0.29, 0.717) is 12.1 Å². The van der Waals surface area contributed by atoms with Crippen LogP contribution in [0.4, 0.5) is 4.39 Å². The van der Waals surface area contributed by atoms with Crippen molar-refractivity contribution in [2.45, 2.75) is 32.2 Å². The molecule has 1 unspecified atom stereocenters. The molecule has 4 nitrogen and oxygen atoms in total. The van der Waals surface area contributed by atoms with Gasteiger partial charge in [-0.3, -0.25) is 4.79 Å². The second-order valence-electron chi connectivity index (χ2n) is 5.11. The third kappa shape index (κ3) is 3.48. The first-order valence-corrected chi connectivity index (χ1v) is 7.04. The normalized spacial score (nSPS) is 18.4. The van der Waals surface area contributed by atoms with Crippen LogP contribution in [0.5, 0.6) is 0 Å². The summed E-state index contributed by atoms with van der Waals surface area (Å²) in [4.78, 5) is 24.6. The summed E-state index contributed by atoms with van der Waals surface area (Å²) < 4.78 is 13.9. The van der Waals surface area contributed by atoms with Crippen molar-refractivity contribution in [2.24, 2.45) is 0 Å². The number of carbonyl (C=O) groups is 2. The maximum atomic E-state index is 13.9. The summed E-state index contributed by atoms with van der Waals surface area (Å²) >= 11 is 0. The molecular formula is C16H18FNO3. The number of benzene rings is 1. The average Bonchev–Trinajstić information content (AvgIpc) is 2.93. The Bertz CT molecular complexity index is 583. The van der Waals surface area contributed by atoms with E-state index in [0.717, 1.165) is 25.3 Å². The Morgan fingerprint density at radius 1 is 1.48 bits per heavy atom. The quantitative estimate of drug-likeness (QED) is 0.868. The molecule has 0 bridgehead atoms. The molecule has 5 heteroatoms. The zero-order valence-electron chi connectivity index (χ0n) is 11.9. The largest absolute Gasteiger partial charge is 0.478 e. The number of halogens is 1. The molecule has 112 valence electrons. The number of likely N-dealkylation sites (tertiary alicyclic amines) is 1. The molecular weight excluding hydrogens is 273 g/mol. The molecule has 1 aliphatic rings. The number of carboxylic acid groups (broad SMARTS) is 1. The van der Waals surface area contributed by atoms with Crippen LogP contribution in [-0.2, 0) is 4.79 Å². The number of amides is 1. The molecule has 1 atom stereocenters. The number of carbonyl (C=O) groups excluding carboxylic acids is 1. The van der Waals surface area contributed by atoms with Gasteiger partial charge in [0.15, 0.2) is 0 Å². The smallest absolute Gasteiger partial charge is 0.328 e. The molecule has 0 radical (unpaired) electrons. The highest BCUT2D eigenvalue weighted by atomic mass is 19.1. The van der Waals surface area contributed by atoms with Gasteiger partial charge in [-0.1, -0.05) is 13.0 Å². The third-order valence-corrected chi connectivity index (χ3v) is 3.76. The standard InChI is InChI=1S/C16H18FNO3/c1-2-13-4-3-9-18(13)16(21)12-6-5-11(14(17)10-12)7-8-15(19)20/h5-8,10,13H,2-4,9H2,1H3,(H,19,20). The Morgan fingerprint density at radius 2 is 2.24 bits per heavy atom. The fourth-order valence-corrected chi connectivity index (χ4v) is 2.65. The van der Waals surface area contributed by atoms with Crippen LogP contribution in [0.15, 0.2) is 24.3 Å². The minimum atomic E-state index is -1.14. The molecule has 21 heavy (non-hydrogen) atoms. The molecule has 2 rings (SSSR count). The van der Waals surface area contributed by atoms with Crippen LogP contribution < -0.4 is 0 Å². The lowest BCUT2D eigenvalue weighted by atomic mass is 10.1. The number of aliphatic carboxylic acids is 1. The van der Waals surface area contributed by atoms with E-state index in [2.05, 4.69) is 0 Å². The van der Waals surface area contributed by atoms with E-state index >= 15 is 0 Å². The van der Waals surface area contributed by atoms with E-state index in [-0.39, 0.29) is 17.5 Å². The molecule has 1 saturated heterocycles. The summed E-state index contributed by atoms with van der Waals surface area (Å²) in [7, 11) is 0. The summed E-state index contributed by atoms with van der Waals surface area (Å²) in [6.45, 7) is 2.75. The molecule has 0 aliphatic carbocycles. The first-order chi connectivity index (χ1) is 10.0. The first kappa shape index (κ1) is 15.2. The minimum Gasteiger partial charge on any atom is -0.478 e. The van der Waals surface area contributed by atoms with Crippen molar-refractivity contribution in [3.8, 4) is 0 Å². The topological polar surface area (TPSA) is 57.6 Å². The van der Waals surface area contributed by atoms with Crippen LogP contribution in [0, 0.1) is 5.82 Å². The van der Waals surface area contributed by atoms with Gasteiger partial charge in [0, 0.05) is 29.8 Å². The monoisotopic (exact) mass is 291 g/mol. The zero-order valence-corrected chi connectivity index (χ0v) is 11.9. The summed E-state index contributed by atoms with van der Waals surface area (Å²) in [5, 5.41) is 8.54.